The highest BCUT2D eigenvalue weighted by atomic mass is 32.2. The third-order valence-corrected chi connectivity index (χ3v) is 10.3. The Kier molecular flexibility index (Phi) is 10.1. The number of unbranched alkanes of at least 4 members (excludes halogenated alkanes) is 1. The molecule has 1 saturated heterocycles. The van der Waals surface area contributed by atoms with Gasteiger partial charge in [0.15, 0.2) is 5.13 Å². The highest BCUT2D eigenvalue weighted by molar-refractivity contribution is 7.89. The maximum absolute atomic E-state index is 13.8. The maximum Gasteiger partial charge on any atom is 0.260 e. The summed E-state index contributed by atoms with van der Waals surface area (Å²) in [6.07, 6.45) is 2.53. The predicted molar refractivity (Wildman–Crippen MR) is 158 cm³/mol. The van der Waals surface area contributed by atoms with E-state index >= 15 is 0 Å². The van der Waals surface area contributed by atoms with Crippen LogP contribution in [0.3, 0.4) is 0 Å². The van der Waals surface area contributed by atoms with Crippen molar-refractivity contribution in [3.8, 4) is 0 Å². The van der Waals surface area contributed by atoms with Crippen LogP contribution >= 0.6 is 11.3 Å². The van der Waals surface area contributed by atoms with Crippen LogP contribution in [0.25, 0.3) is 10.2 Å². The van der Waals surface area contributed by atoms with Crippen LogP contribution in [0.1, 0.15) is 54.6 Å². The van der Waals surface area contributed by atoms with E-state index in [9.17, 15) is 13.2 Å². The molecule has 0 aliphatic carbocycles. The number of hydrogen-bond donors (Lipinski definition) is 0. The Labute approximate surface area is 236 Å². The molecule has 0 saturated carbocycles. The minimum Gasteiger partial charge on any atom is -0.379 e. The van der Waals surface area contributed by atoms with Crippen LogP contribution in [-0.2, 0) is 14.8 Å². The molecule has 0 bridgehead atoms. The molecule has 3 aromatic rings. The Bertz CT molecular complexity index is 1330. The highest BCUT2D eigenvalue weighted by Gasteiger charge is 2.25. The van der Waals surface area contributed by atoms with Crippen molar-refractivity contribution in [3.63, 3.8) is 0 Å². The fourth-order valence-electron chi connectivity index (χ4n) is 4.70. The molecule has 0 radical (unpaired) electrons. The lowest BCUT2D eigenvalue weighted by Crippen LogP contribution is -2.39. The van der Waals surface area contributed by atoms with E-state index in [4.69, 9.17) is 9.72 Å². The summed E-state index contributed by atoms with van der Waals surface area (Å²) < 4.78 is 34.3. The van der Waals surface area contributed by atoms with Gasteiger partial charge in [-0.05, 0) is 74.2 Å². The largest absolute Gasteiger partial charge is 0.379 e. The lowest BCUT2D eigenvalue weighted by molar-refractivity contribution is 0.0376. The van der Waals surface area contributed by atoms with Crippen molar-refractivity contribution in [2.45, 2.75) is 51.9 Å². The third-order valence-electron chi connectivity index (χ3n) is 7.28. The Balaban J connectivity index is 1.58. The van der Waals surface area contributed by atoms with Gasteiger partial charge in [-0.25, -0.2) is 13.4 Å². The summed E-state index contributed by atoms with van der Waals surface area (Å²) in [7, 11) is -3.61. The van der Waals surface area contributed by atoms with Gasteiger partial charge in [-0.3, -0.25) is 14.6 Å². The molecule has 1 amide bonds. The van der Waals surface area contributed by atoms with Gasteiger partial charge >= 0.3 is 0 Å². The molecular formula is C29H40N4O4S2. The van der Waals surface area contributed by atoms with Gasteiger partial charge in [0.2, 0.25) is 10.0 Å². The monoisotopic (exact) mass is 572 g/mol. The first kappa shape index (κ1) is 29.6. The average Bonchev–Trinajstić information content (AvgIpc) is 3.34. The molecule has 1 aromatic heterocycles. The molecule has 4 rings (SSSR count). The topological polar surface area (TPSA) is 83.1 Å². The number of sulfonamides is 1. The smallest absolute Gasteiger partial charge is 0.260 e. The summed E-state index contributed by atoms with van der Waals surface area (Å²) >= 11 is 1.52. The number of hydrogen-bond acceptors (Lipinski definition) is 7. The summed E-state index contributed by atoms with van der Waals surface area (Å²) in [4.78, 5) is 23.0. The standard InChI is InChI=1S/C29H40N4O4S2/c1-5-7-14-32(6-2)39(35,36)25-11-9-24(10-12-25)28(34)33(15-8-13-31-16-18-37-19-17-31)29-30-26-20-22(3)23(4)21-27(26)38-29/h9-12,20-21H,5-8,13-19H2,1-4H3. The van der Waals surface area contributed by atoms with E-state index < -0.39 is 10.0 Å². The van der Waals surface area contributed by atoms with Crippen molar-refractivity contribution >= 4 is 42.6 Å². The van der Waals surface area contributed by atoms with Crippen LogP contribution in [0.15, 0.2) is 41.3 Å². The molecule has 0 spiro atoms. The van der Waals surface area contributed by atoms with Crippen molar-refractivity contribution in [2.24, 2.45) is 0 Å². The van der Waals surface area contributed by atoms with Crippen LogP contribution in [0.4, 0.5) is 5.13 Å². The molecule has 2 aromatic carbocycles. The number of anilines is 1. The highest BCUT2D eigenvalue weighted by Crippen LogP contribution is 2.32. The normalized spacial score (nSPS) is 14.8. The van der Waals surface area contributed by atoms with Crippen molar-refractivity contribution in [1.29, 1.82) is 0 Å². The van der Waals surface area contributed by atoms with Crippen LogP contribution < -0.4 is 4.90 Å². The number of carbonyl (C=O) groups excluding carboxylic acids is 1. The summed E-state index contributed by atoms with van der Waals surface area (Å²) in [6, 6.07) is 10.5. The Hall–Kier alpha value is -2.37. The zero-order valence-corrected chi connectivity index (χ0v) is 25.1. The van der Waals surface area contributed by atoms with Crippen LogP contribution in [-0.4, -0.2) is 81.0 Å². The number of nitrogens with zero attached hydrogens (tertiary/aromatic N) is 4. The summed E-state index contributed by atoms with van der Waals surface area (Å²) in [5.41, 5.74) is 3.70. The van der Waals surface area contributed by atoms with Crippen molar-refractivity contribution < 1.29 is 17.9 Å². The summed E-state index contributed by atoms with van der Waals surface area (Å²) in [6.45, 7) is 13.6. The zero-order chi connectivity index (χ0) is 28.0. The van der Waals surface area contributed by atoms with Crippen LogP contribution in [0, 0.1) is 13.8 Å². The molecule has 1 aliphatic heterocycles. The molecule has 1 aliphatic rings. The van der Waals surface area contributed by atoms with E-state index in [1.54, 1.807) is 29.2 Å². The fraction of sp³-hybridized carbons (Fsp3) is 0.517. The summed E-state index contributed by atoms with van der Waals surface area (Å²) in [5.74, 6) is -0.174. The van der Waals surface area contributed by atoms with Gasteiger partial charge in [0.25, 0.3) is 5.91 Å². The number of rotatable bonds is 12. The van der Waals surface area contributed by atoms with Gasteiger partial charge in [0.05, 0.1) is 28.3 Å². The number of aromatic nitrogens is 1. The SMILES string of the molecule is CCCCN(CC)S(=O)(=O)c1ccc(C(=O)N(CCCN2CCOCC2)c2nc3cc(C)c(C)cc3s2)cc1. The first-order valence-electron chi connectivity index (χ1n) is 13.8. The number of amides is 1. The quantitative estimate of drug-likeness (QED) is 0.301. The molecule has 10 heteroatoms. The zero-order valence-electron chi connectivity index (χ0n) is 23.5. The predicted octanol–water partition coefficient (Wildman–Crippen LogP) is 5.09. The number of benzene rings is 2. The second kappa shape index (κ2) is 13.3. The first-order valence-corrected chi connectivity index (χ1v) is 16.1. The second-order valence-corrected chi connectivity index (χ2v) is 13.0. The van der Waals surface area contributed by atoms with E-state index in [1.165, 1.54) is 26.8 Å². The van der Waals surface area contributed by atoms with Gasteiger partial charge in [-0.1, -0.05) is 31.6 Å². The molecule has 0 unspecified atom stereocenters. The average molecular weight is 573 g/mol. The number of carbonyl (C=O) groups is 1. The molecule has 1 fully saturated rings. The third kappa shape index (κ3) is 7.05. The van der Waals surface area contributed by atoms with Gasteiger partial charge < -0.3 is 4.74 Å². The van der Waals surface area contributed by atoms with Crippen LogP contribution in [0.2, 0.25) is 0 Å². The van der Waals surface area contributed by atoms with Crippen molar-refractivity contribution in [2.75, 3.05) is 57.4 Å². The van der Waals surface area contributed by atoms with Crippen LogP contribution in [0.5, 0.6) is 0 Å². The lowest BCUT2D eigenvalue weighted by atomic mass is 10.1. The number of thiazole rings is 1. The molecule has 0 atom stereocenters. The Morgan fingerprint density at radius 2 is 1.72 bits per heavy atom. The molecule has 212 valence electrons. The minimum absolute atomic E-state index is 0.174. The molecule has 2 heterocycles. The van der Waals surface area contributed by atoms with Crippen molar-refractivity contribution in [1.82, 2.24) is 14.2 Å². The Morgan fingerprint density at radius 1 is 1.03 bits per heavy atom. The summed E-state index contributed by atoms with van der Waals surface area (Å²) in [5, 5.41) is 0.662. The van der Waals surface area contributed by atoms with Gasteiger partial charge in [-0.15, -0.1) is 0 Å². The number of morpholine rings is 1. The molecule has 8 nitrogen and oxygen atoms in total. The van der Waals surface area contributed by atoms with E-state index in [-0.39, 0.29) is 10.8 Å². The van der Waals surface area contributed by atoms with E-state index in [0.29, 0.717) is 30.3 Å². The Morgan fingerprint density at radius 3 is 2.38 bits per heavy atom. The molecular weight excluding hydrogens is 532 g/mol. The molecule has 0 N–H and O–H groups in total. The second-order valence-electron chi connectivity index (χ2n) is 10.0. The van der Waals surface area contributed by atoms with E-state index in [0.717, 1.165) is 62.3 Å². The van der Waals surface area contributed by atoms with E-state index in [2.05, 4.69) is 30.9 Å². The number of fused-ring (bicyclic) bond motifs is 1. The lowest BCUT2D eigenvalue weighted by Gasteiger charge is -2.27. The maximum atomic E-state index is 13.8. The number of ether oxygens (including phenoxy) is 1. The number of aryl methyl sites for hydroxylation is 2. The fourth-order valence-corrected chi connectivity index (χ4v) is 7.26. The minimum atomic E-state index is -3.61. The molecule has 39 heavy (non-hydrogen) atoms. The van der Waals surface area contributed by atoms with E-state index in [1.807, 2.05) is 13.8 Å². The van der Waals surface area contributed by atoms with Crippen molar-refractivity contribution in [3.05, 3.63) is 53.1 Å². The van der Waals surface area contributed by atoms with Gasteiger partial charge in [0, 0.05) is 44.8 Å². The van der Waals surface area contributed by atoms with Gasteiger partial charge in [-0.2, -0.15) is 4.31 Å². The van der Waals surface area contributed by atoms with Gasteiger partial charge in [0.1, 0.15) is 0 Å². The first-order chi connectivity index (χ1) is 18.7.